The number of hydrogen-bond acceptors (Lipinski definition) is 4. The molecule has 5 nitrogen and oxygen atoms in total. The van der Waals surface area contributed by atoms with Crippen molar-refractivity contribution in [3.05, 3.63) is 54.1 Å². The van der Waals surface area contributed by atoms with Crippen LogP contribution in [0.3, 0.4) is 0 Å². The molecule has 0 aliphatic carbocycles. The van der Waals surface area contributed by atoms with Crippen LogP contribution in [0.5, 0.6) is 11.5 Å². The second-order valence-corrected chi connectivity index (χ2v) is 5.99. The number of fused-ring (bicyclic) bond motifs is 2. The van der Waals surface area contributed by atoms with Crippen LogP contribution in [0, 0.1) is 0 Å². The highest BCUT2D eigenvalue weighted by atomic mass is 127. The standard InChI is InChI=1S/C16H17N3O2S.HI/c1-2-22-19(16(17)20)15-11-7-3-5-9-13(11)21-14-10-6-4-8-12(14)18-15;/h3-10,15,18H,2H2,1H3,(H2,17,20);1H. The normalized spacial score (nSPS) is 14.9. The van der Waals surface area contributed by atoms with Crippen molar-refractivity contribution in [3.63, 3.8) is 0 Å². The van der Waals surface area contributed by atoms with Gasteiger partial charge in [-0.25, -0.2) is 9.10 Å². The summed E-state index contributed by atoms with van der Waals surface area (Å²) < 4.78 is 7.54. The van der Waals surface area contributed by atoms with Gasteiger partial charge in [-0.15, -0.1) is 24.0 Å². The monoisotopic (exact) mass is 443 g/mol. The topological polar surface area (TPSA) is 67.6 Å². The van der Waals surface area contributed by atoms with Gasteiger partial charge >= 0.3 is 6.03 Å². The lowest BCUT2D eigenvalue weighted by atomic mass is 10.1. The van der Waals surface area contributed by atoms with Crippen molar-refractivity contribution >= 4 is 47.6 Å². The number of para-hydroxylation sites is 3. The summed E-state index contributed by atoms with van der Waals surface area (Å²) in [6.07, 6.45) is -0.387. The third-order valence-corrected chi connectivity index (χ3v) is 4.26. The minimum absolute atomic E-state index is 0. The van der Waals surface area contributed by atoms with Crippen molar-refractivity contribution in [1.82, 2.24) is 4.31 Å². The van der Waals surface area contributed by atoms with Gasteiger partial charge in [0.2, 0.25) is 0 Å². The number of halogens is 1. The summed E-state index contributed by atoms with van der Waals surface area (Å²) in [5.74, 6) is 2.18. The van der Waals surface area contributed by atoms with E-state index in [0.717, 1.165) is 22.8 Å². The van der Waals surface area contributed by atoms with E-state index in [0.29, 0.717) is 5.75 Å². The molecule has 23 heavy (non-hydrogen) atoms. The average Bonchev–Trinajstić information content (AvgIpc) is 2.68. The maximum Gasteiger partial charge on any atom is 0.326 e. The van der Waals surface area contributed by atoms with Crippen LogP contribution in [0.25, 0.3) is 0 Å². The van der Waals surface area contributed by atoms with Crippen molar-refractivity contribution < 1.29 is 9.53 Å². The Morgan fingerprint density at radius 2 is 1.87 bits per heavy atom. The zero-order chi connectivity index (χ0) is 15.5. The van der Waals surface area contributed by atoms with Crippen LogP contribution in [0.1, 0.15) is 18.7 Å². The van der Waals surface area contributed by atoms with E-state index in [1.54, 1.807) is 4.31 Å². The van der Waals surface area contributed by atoms with Gasteiger partial charge in [0, 0.05) is 11.3 Å². The molecule has 0 aromatic heterocycles. The second-order valence-electron chi connectivity index (χ2n) is 4.76. The number of rotatable bonds is 3. The molecular weight excluding hydrogens is 425 g/mol. The first kappa shape index (κ1) is 17.7. The Hall–Kier alpha value is -1.61. The molecule has 2 aromatic rings. The number of nitrogens with zero attached hydrogens (tertiary/aromatic N) is 1. The number of carbonyl (C=O) groups is 1. The molecule has 1 unspecified atom stereocenters. The van der Waals surface area contributed by atoms with Gasteiger partial charge in [-0.3, -0.25) is 0 Å². The van der Waals surface area contributed by atoms with Crippen molar-refractivity contribution in [1.29, 1.82) is 0 Å². The minimum atomic E-state index is -0.487. The lowest BCUT2D eigenvalue weighted by Gasteiger charge is -2.29. The molecule has 122 valence electrons. The predicted octanol–water partition coefficient (Wildman–Crippen LogP) is 4.57. The number of hydrogen-bond donors (Lipinski definition) is 2. The molecule has 0 bridgehead atoms. The van der Waals surface area contributed by atoms with Gasteiger partial charge in [-0.1, -0.05) is 37.3 Å². The molecule has 1 aliphatic rings. The Labute approximate surface area is 156 Å². The first-order valence-electron chi connectivity index (χ1n) is 7.04. The summed E-state index contributed by atoms with van der Waals surface area (Å²) in [4.78, 5) is 11.9. The summed E-state index contributed by atoms with van der Waals surface area (Å²) >= 11 is 1.38. The number of anilines is 1. The molecule has 0 radical (unpaired) electrons. The molecular formula is C16H18IN3O2S. The SMILES string of the molecule is CCSN(C(N)=O)C1Nc2ccccc2Oc2ccccc21.I. The number of primary amides is 1. The molecule has 0 fully saturated rings. The van der Waals surface area contributed by atoms with Gasteiger partial charge < -0.3 is 15.8 Å². The Bertz CT molecular complexity index is 699. The molecule has 3 rings (SSSR count). The molecule has 1 atom stereocenters. The summed E-state index contributed by atoms with van der Waals surface area (Å²) in [5, 5.41) is 3.36. The van der Waals surface area contributed by atoms with Gasteiger partial charge in [-0.2, -0.15) is 0 Å². The van der Waals surface area contributed by atoms with E-state index in [9.17, 15) is 4.79 Å². The Morgan fingerprint density at radius 1 is 1.22 bits per heavy atom. The van der Waals surface area contributed by atoms with Crippen LogP contribution in [0.2, 0.25) is 0 Å². The number of amides is 2. The third-order valence-electron chi connectivity index (χ3n) is 3.33. The fourth-order valence-electron chi connectivity index (χ4n) is 2.41. The van der Waals surface area contributed by atoms with E-state index in [-0.39, 0.29) is 30.1 Å². The maximum atomic E-state index is 11.9. The third kappa shape index (κ3) is 3.66. The van der Waals surface area contributed by atoms with Crippen molar-refractivity contribution in [2.24, 2.45) is 5.73 Å². The highest BCUT2D eigenvalue weighted by molar-refractivity contribution is 14.0. The first-order valence-corrected chi connectivity index (χ1v) is 7.99. The molecule has 0 saturated heterocycles. The minimum Gasteiger partial charge on any atom is -0.455 e. The van der Waals surface area contributed by atoms with Gasteiger partial charge in [0.05, 0.1) is 5.69 Å². The highest BCUT2D eigenvalue weighted by Gasteiger charge is 2.29. The number of nitrogens with two attached hydrogens (primary N) is 1. The lowest BCUT2D eigenvalue weighted by Crippen LogP contribution is -2.37. The number of benzene rings is 2. The fourth-order valence-corrected chi connectivity index (χ4v) is 3.13. The van der Waals surface area contributed by atoms with Crippen LogP contribution in [0.15, 0.2) is 48.5 Å². The van der Waals surface area contributed by atoms with Crippen LogP contribution in [0.4, 0.5) is 10.5 Å². The van der Waals surface area contributed by atoms with E-state index < -0.39 is 6.03 Å². The predicted molar refractivity (Wildman–Crippen MR) is 104 cm³/mol. The van der Waals surface area contributed by atoms with Crippen molar-refractivity contribution in [2.75, 3.05) is 11.1 Å². The Balaban J connectivity index is 0.00000192. The van der Waals surface area contributed by atoms with Crippen molar-refractivity contribution in [2.45, 2.75) is 13.1 Å². The van der Waals surface area contributed by atoms with Crippen LogP contribution >= 0.6 is 35.9 Å². The first-order chi connectivity index (χ1) is 10.7. The van der Waals surface area contributed by atoms with Gasteiger partial charge in [0.1, 0.15) is 11.9 Å². The molecule has 3 N–H and O–H groups in total. The molecule has 1 aliphatic heterocycles. The quantitative estimate of drug-likeness (QED) is 0.539. The van der Waals surface area contributed by atoms with E-state index in [1.165, 1.54) is 11.9 Å². The molecule has 0 saturated carbocycles. The van der Waals surface area contributed by atoms with E-state index >= 15 is 0 Å². The zero-order valence-electron chi connectivity index (χ0n) is 12.6. The molecule has 7 heteroatoms. The highest BCUT2D eigenvalue weighted by Crippen LogP contribution is 2.42. The zero-order valence-corrected chi connectivity index (χ0v) is 15.7. The average molecular weight is 443 g/mol. The Kier molecular flexibility index (Phi) is 6.00. The lowest BCUT2D eigenvalue weighted by molar-refractivity contribution is 0.228. The summed E-state index contributed by atoms with van der Waals surface area (Å²) in [7, 11) is 0. The van der Waals surface area contributed by atoms with Gasteiger partial charge in [0.25, 0.3) is 0 Å². The summed E-state index contributed by atoms with van der Waals surface area (Å²) in [5.41, 5.74) is 7.27. The Morgan fingerprint density at radius 3 is 2.57 bits per heavy atom. The fraction of sp³-hybridized carbons (Fsp3) is 0.188. The van der Waals surface area contributed by atoms with E-state index in [1.807, 2.05) is 55.5 Å². The van der Waals surface area contributed by atoms with Crippen molar-refractivity contribution in [3.8, 4) is 11.5 Å². The van der Waals surface area contributed by atoms with Gasteiger partial charge in [-0.05, 0) is 30.1 Å². The summed E-state index contributed by atoms with van der Waals surface area (Å²) in [6, 6.07) is 14.8. The van der Waals surface area contributed by atoms with E-state index in [4.69, 9.17) is 10.5 Å². The second kappa shape index (κ2) is 7.78. The summed E-state index contributed by atoms with van der Waals surface area (Å²) in [6.45, 7) is 1.98. The van der Waals surface area contributed by atoms with Crippen LogP contribution < -0.4 is 15.8 Å². The van der Waals surface area contributed by atoms with E-state index in [2.05, 4.69) is 5.32 Å². The van der Waals surface area contributed by atoms with Crippen LogP contribution in [-0.2, 0) is 0 Å². The number of urea groups is 1. The number of nitrogens with one attached hydrogen (secondary N) is 1. The molecule has 2 amide bonds. The maximum absolute atomic E-state index is 11.9. The number of carbonyl (C=O) groups excluding carboxylic acids is 1. The smallest absolute Gasteiger partial charge is 0.326 e. The van der Waals surface area contributed by atoms with Crippen LogP contribution in [-0.4, -0.2) is 16.1 Å². The molecule has 1 heterocycles. The molecule has 2 aromatic carbocycles. The van der Waals surface area contributed by atoms with Gasteiger partial charge in [0.15, 0.2) is 5.75 Å². The largest absolute Gasteiger partial charge is 0.455 e. The number of ether oxygens (including phenoxy) is 1. The molecule has 0 spiro atoms.